The first-order chi connectivity index (χ1) is 14.7. The second-order valence-electron chi connectivity index (χ2n) is 8.61. The highest BCUT2D eigenvalue weighted by Gasteiger charge is 2.35. The van der Waals surface area contributed by atoms with E-state index in [9.17, 15) is 4.79 Å². The van der Waals surface area contributed by atoms with Gasteiger partial charge in [0.15, 0.2) is 0 Å². The number of H-pyrrole nitrogens is 1. The van der Waals surface area contributed by atoms with E-state index in [-0.39, 0.29) is 5.56 Å². The predicted molar refractivity (Wildman–Crippen MR) is 115 cm³/mol. The molecular weight excluding hydrogens is 376 g/mol. The van der Waals surface area contributed by atoms with E-state index in [2.05, 4.69) is 45.2 Å². The zero-order valence-corrected chi connectivity index (χ0v) is 17.0. The average molecular weight is 400 g/mol. The smallest absolute Gasteiger partial charge is 0.261 e. The fraction of sp³-hybridized carbons (Fsp3) is 0.348. The fourth-order valence-corrected chi connectivity index (χ4v) is 5.38. The van der Waals surface area contributed by atoms with Crippen LogP contribution >= 0.6 is 0 Å². The zero-order chi connectivity index (χ0) is 20.2. The molecule has 0 saturated carbocycles. The van der Waals surface area contributed by atoms with Crippen molar-refractivity contribution >= 4 is 10.9 Å². The number of fused-ring (bicyclic) bond motifs is 5. The third-order valence-electron chi connectivity index (χ3n) is 6.64. The molecule has 0 amide bonds. The Balaban J connectivity index is 1.30. The second-order valence-corrected chi connectivity index (χ2v) is 8.61. The van der Waals surface area contributed by atoms with E-state index >= 15 is 0 Å². The molecule has 0 radical (unpaired) electrons. The van der Waals surface area contributed by atoms with Crippen LogP contribution < -0.4 is 5.56 Å². The molecule has 5 heterocycles. The summed E-state index contributed by atoms with van der Waals surface area (Å²) in [4.78, 5) is 23.0. The van der Waals surface area contributed by atoms with Crippen LogP contribution in [0.2, 0.25) is 0 Å². The molecule has 1 fully saturated rings. The van der Waals surface area contributed by atoms with Crippen molar-refractivity contribution < 1.29 is 0 Å². The molecule has 7 nitrogen and oxygen atoms in total. The Morgan fingerprint density at radius 3 is 2.90 bits per heavy atom. The summed E-state index contributed by atoms with van der Waals surface area (Å²) >= 11 is 0. The lowest BCUT2D eigenvalue weighted by Crippen LogP contribution is -2.47. The molecule has 2 aliphatic heterocycles. The Kier molecular flexibility index (Phi) is 3.92. The maximum absolute atomic E-state index is 13.1. The van der Waals surface area contributed by atoms with E-state index in [0.29, 0.717) is 23.2 Å². The van der Waals surface area contributed by atoms with E-state index in [1.165, 1.54) is 10.9 Å². The Labute approximate surface area is 174 Å². The molecular formula is C23H24N6O. The van der Waals surface area contributed by atoms with Crippen LogP contribution in [0.3, 0.4) is 0 Å². The van der Waals surface area contributed by atoms with Crippen LogP contribution in [-0.4, -0.2) is 42.3 Å². The number of para-hydroxylation sites is 1. The number of imidazole rings is 1. The molecule has 1 saturated heterocycles. The normalized spacial score (nSPS) is 21.1. The van der Waals surface area contributed by atoms with Crippen LogP contribution in [0.1, 0.15) is 23.7 Å². The number of aromatic amines is 1. The van der Waals surface area contributed by atoms with E-state index in [0.717, 1.165) is 44.0 Å². The molecule has 30 heavy (non-hydrogen) atoms. The highest BCUT2D eigenvalue weighted by molar-refractivity contribution is 5.81. The first-order valence-electron chi connectivity index (χ1n) is 10.5. The van der Waals surface area contributed by atoms with Gasteiger partial charge in [0.05, 0.1) is 16.8 Å². The highest BCUT2D eigenvalue weighted by Crippen LogP contribution is 2.36. The molecule has 2 atom stereocenters. The number of nitrogens with one attached hydrogen (secondary N) is 1. The summed E-state index contributed by atoms with van der Waals surface area (Å²) in [5.74, 6) is 1.51. The summed E-state index contributed by atoms with van der Waals surface area (Å²) in [6.07, 6.45) is 4.60. The van der Waals surface area contributed by atoms with Crippen LogP contribution in [0.4, 0.5) is 0 Å². The molecule has 0 unspecified atom stereocenters. The lowest BCUT2D eigenvalue weighted by atomic mass is 9.83. The Morgan fingerprint density at radius 2 is 2.03 bits per heavy atom. The van der Waals surface area contributed by atoms with Gasteiger partial charge in [-0.25, -0.2) is 4.98 Å². The largest absolute Gasteiger partial charge is 0.344 e. The number of likely N-dealkylation sites (tertiary alicyclic amines) is 1. The molecule has 152 valence electrons. The minimum atomic E-state index is 0.0707. The Morgan fingerprint density at radius 1 is 1.13 bits per heavy atom. The number of piperidine rings is 1. The van der Waals surface area contributed by atoms with Gasteiger partial charge in [-0.2, -0.15) is 5.10 Å². The van der Waals surface area contributed by atoms with Crippen molar-refractivity contribution in [3.05, 3.63) is 70.5 Å². The molecule has 2 bridgehead atoms. The first kappa shape index (κ1) is 17.7. The van der Waals surface area contributed by atoms with E-state index in [4.69, 9.17) is 5.10 Å². The van der Waals surface area contributed by atoms with Gasteiger partial charge in [-0.1, -0.05) is 18.2 Å². The van der Waals surface area contributed by atoms with Gasteiger partial charge < -0.3 is 9.55 Å². The quantitative estimate of drug-likeness (QED) is 0.574. The minimum Gasteiger partial charge on any atom is -0.344 e. The summed E-state index contributed by atoms with van der Waals surface area (Å²) < 4.78 is 3.96. The molecule has 4 aromatic rings. The molecule has 1 N–H and O–H groups in total. The summed E-state index contributed by atoms with van der Waals surface area (Å²) in [5.41, 5.74) is 4.19. The number of aryl methyl sites for hydroxylation is 1. The van der Waals surface area contributed by atoms with Crippen molar-refractivity contribution in [2.45, 2.75) is 25.4 Å². The molecule has 7 heteroatoms. The van der Waals surface area contributed by atoms with Crippen molar-refractivity contribution in [3.63, 3.8) is 0 Å². The van der Waals surface area contributed by atoms with E-state index in [1.54, 1.807) is 12.4 Å². The fourth-order valence-electron chi connectivity index (χ4n) is 5.38. The molecule has 6 rings (SSSR count). The molecule has 2 aliphatic rings. The molecule has 0 aliphatic carbocycles. The SMILES string of the molecule is Cn1nc(CN2C[C@@H]3C[C@H](C2)c2ccc(-c4ncc[nH]4)c(=O)n2C3)c2ccccc21. The number of pyridine rings is 1. The standard InChI is InChI=1S/C23H24N6O/c1-27-21-5-3-2-4-17(21)19(26-27)14-28-11-15-10-16(13-28)20-7-6-18(22-24-8-9-25-22)23(30)29(20)12-15/h2-9,15-16H,10-14H2,1H3,(H,24,25)/t15-,16+/m0/s1. The number of benzene rings is 1. The van der Waals surface area contributed by atoms with Crippen molar-refractivity contribution in [2.75, 3.05) is 13.1 Å². The number of hydrogen-bond acceptors (Lipinski definition) is 4. The van der Waals surface area contributed by atoms with Crippen molar-refractivity contribution in [3.8, 4) is 11.4 Å². The van der Waals surface area contributed by atoms with Crippen LogP contribution in [0.15, 0.2) is 53.6 Å². The summed E-state index contributed by atoms with van der Waals surface area (Å²) in [6.45, 7) is 3.58. The van der Waals surface area contributed by atoms with Gasteiger partial charge >= 0.3 is 0 Å². The summed E-state index contributed by atoms with van der Waals surface area (Å²) in [5, 5.41) is 6.02. The maximum atomic E-state index is 13.1. The number of hydrogen-bond donors (Lipinski definition) is 1. The Bertz CT molecular complexity index is 1290. The molecule has 3 aromatic heterocycles. The molecule has 1 aromatic carbocycles. The van der Waals surface area contributed by atoms with Gasteiger partial charge in [0.1, 0.15) is 5.82 Å². The van der Waals surface area contributed by atoms with E-state index in [1.807, 2.05) is 22.4 Å². The number of aromatic nitrogens is 5. The lowest BCUT2D eigenvalue weighted by molar-refractivity contribution is 0.113. The topological polar surface area (TPSA) is 71.7 Å². The van der Waals surface area contributed by atoms with Crippen LogP contribution in [-0.2, 0) is 20.1 Å². The average Bonchev–Trinajstić information content (AvgIpc) is 3.38. The summed E-state index contributed by atoms with van der Waals surface area (Å²) in [6, 6.07) is 12.5. The van der Waals surface area contributed by atoms with E-state index < -0.39 is 0 Å². The lowest BCUT2D eigenvalue weighted by Gasteiger charge is -2.42. The number of nitrogens with zero attached hydrogens (tertiary/aromatic N) is 5. The van der Waals surface area contributed by atoms with Gasteiger partial charge in [-0.15, -0.1) is 0 Å². The third kappa shape index (κ3) is 2.73. The van der Waals surface area contributed by atoms with Crippen molar-refractivity contribution in [1.29, 1.82) is 0 Å². The minimum absolute atomic E-state index is 0.0707. The highest BCUT2D eigenvalue weighted by atomic mass is 16.1. The zero-order valence-electron chi connectivity index (χ0n) is 17.0. The van der Waals surface area contributed by atoms with Gasteiger partial charge in [0.25, 0.3) is 5.56 Å². The molecule has 0 spiro atoms. The third-order valence-corrected chi connectivity index (χ3v) is 6.64. The monoisotopic (exact) mass is 400 g/mol. The van der Waals surface area contributed by atoms with Crippen LogP contribution in [0, 0.1) is 5.92 Å². The van der Waals surface area contributed by atoms with Crippen LogP contribution in [0.5, 0.6) is 0 Å². The predicted octanol–water partition coefficient (Wildman–Crippen LogP) is 2.74. The maximum Gasteiger partial charge on any atom is 0.261 e. The van der Waals surface area contributed by atoms with Crippen molar-refractivity contribution in [1.82, 2.24) is 29.2 Å². The van der Waals surface area contributed by atoms with Crippen LogP contribution in [0.25, 0.3) is 22.3 Å². The second kappa shape index (κ2) is 6.67. The first-order valence-corrected chi connectivity index (χ1v) is 10.5. The van der Waals surface area contributed by atoms with Gasteiger partial charge in [0, 0.05) is 62.6 Å². The number of rotatable bonds is 3. The van der Waals surface area contributed by atoms with Crippen molar-refractivity contribution in [2.24, 2.45) is 13.0 Å². The summed E-state index contributed by atoms with van der Waals surface area (Å²) in [7, 11) is 2.01. The van der Waals surface area contributed by atoms with Gasteiger partial charge in [-0.3, -0.25) is 14.4 Å². The Hall–Kier alpha value is -3.19. The van der Waals surface area contributed by atoms with Gasteiger partial charge in [0.2, 0.25) is 0 Å². The van der Waals surface area contributed by atoms with Gasteiger partial charge in [-0.05, 0) is 30.5 Å².